The van der Waals surface area contributed by atoms with Crippen LogP contribution in [0.2, 0.25) is 0 Å². The molecule has 2 aliphatic carbocycles. The van der Waals surface area contributed by atoms with Crippen molar-refractivity contribution in [1.29, 1.82) is 0 Å². The summed E-state index contributed by atoms with van der Waals surface area (Å²) in [6.07, 6.45) is 2.72. The minimum atomic E-state index is -1.10. The molecule has 2 aliphatic heterocycles. The third kappa shape index (κ3) is 3.63. The molecule has 4 amide bonds. The van der Waals surface area contributed by atoms with Gasteiger partial charge >= 0.3 is 0 Å². The molecule has 0 bridgehead atoms. The van der Waals surface area contributed by atoms with Gasteiger partial charge < -0.3 is 5.11 Å². The number of anilines is 2. The number of para-hydroxylation sites is 1. The van der Waals surface area contributed by atoms with E-state index in [1.54, 1.807) is 72.8 Å². The second-order valence-corrected chi connectivity index (χ2v) is 12.5. The zero-order valence-corrected chi connectivity index (χ0v) is 23.8. The Morgan fingerprint density at radius 2 is 1.44 bits per heavy atom. The molecular weight excluding hydrogens is 584 g/mol. The van der Waals surface area contributed by atoms with Crippen LogP contribution >= 0.6 is 15.9 Å². The number of rotatable bonds is 3. The van der Waals surface area contributed by atoms with Crippen molar-refractivity contribution >= 4 is 50.9 Å². The molecule has 7 rings (SSSR count). The van der Waals surface area contributed by atoms with Crippen molar-refractivity contribution in [3.63, 3.8) is 0 Å². The van der Waals surface area contributed by atoms with E-state index in [0.29, 0.717) is 24.2 Å². The predicted octanol–water partition coefficient (Wildman–Crippen LogP) is 5.59. The molecule has 1 saturated carbocycles. The Bertz CT molecular complexity index is 1630. The van der Waals surface area contributed by atoms with Crippen LogP contribution in [0.5, 0.6) is 5.75 Å². The zero-order valence-electron chi connectivity index (χ0n) is 22.2. The van der Waals surface area contributed by atoms with Crippen LogP contribution < -0.4 is 9.80 Å². The Kier molecular flexibility index (Phi) is 5.84. The van der Waals surface area contributed by atoms with Crippen LogP contribution in [0.3, 0.4) is 0 Å². The summed E-state index contributed by atoms with van der Waals surface area (Å²) < 4.78 is 0.845. The SMILES string of the molecule is CC12C(=O)N(c3ccccc3)C(=O)C1CC1C(=CCC3C(=O)N(c4ccc(Br)cc4)C(=O)C31)C2c1ccc(O)cc1. The summed E-state index contributed by atoms with van der Waals surface area (Å²) in [5.41, 5.74) is 1.66. The highest BCUT2D eigenvalue weighted by Gasteiger charge is 2.67. The molecule has 6 unspecified atom stereocenters. The Morgan fingerprint density at radius 1 is 0.780 bits per heavy atom. The first-order chi connectivity index (χ1) is 19.7. The van der Waals surface area contributed by atoms with Crippen molar-refractivity contribution in [1.82, 2.24) is 0 Å². The molecule has 7 nitrogen and oxygen atoms in total. The van der Waals surface area contributed by atoms with Crippen molar-refractivity contribution in [3.05, 3.63) is 101 Å². The predicted molar refractivity (Wildman–Crippen MR) is 156 cm³/mol. The van der Waals surface area contributed by atoms with E-state index < -0.39 is 29.1 Å². The van der Waals surface area contributed by atoms with Gasteiger partial charge in [-0.15, -0.1) is 0 Å². The lowest BCUT2D eigenvalue weighted by molar-refractivity contribution is -0.131. The van der Waals surface area contributed by atoms with Crippen molar-refractivity contribution in [2.24, 2.45) is 29.1 Å². The van der Waals surface area contributed by atoms with Crippen LogP contribution in [-0.2, 0) is 19.2 Å². The van der Waals surface area contributed by atoms with Crippen molar-refractivity contribution in [2.75, 3.05) is 9.80 Å². The van der Waals surface area contributed by atoms with E-state index in [4.69, 9.17) is 0 Å². The Balaban J connectivity index is 1.36. The van der Waals surface area contributed by atoms with Crippen molar-refractivity contribution in [3.8, 4) is 5.75 Å². The number of hydrogen-bond donors (Lipinski definition) is 1. The summed E-state index contributed by atoms with van der Waals surface area (Å²) in [7, 11) is 0. The minimum absolute atomic E-state index is 0.0990. The Morgan fingerprint density at radius 3 is 2.12 bits per heavy atom. The second kappa shape index (κ2) is 9.24. The summed E-state index contributed by atoms with van der Waals surface area (Å²) in [5.74, 6) is -3.65. The molecule has 4 aliphatic rings. The first-order valence-corrected chi connectivity index (χ1v) is 14.6. The van der Waals surface area contributed by atoms with Gasteiger partial charge in [0.05, 0.1) is 34.5 Å². The summed E-state index contributed by atoms with van der Waals surface area (Å²) in [5, 5.41) is 10.0. The summed E-state index contributed by atoms with van der Waals surface area (Å²) >= 11 is 3.41. The van der Waals surface area contributed by atoms with E-state index >= 15 is 0 Å². The van der Waals surface area contributed by atoms with E-state index in [1.165, 1.54) is 9.80 Å². The van der Waals surface area contributed by atoms with Crippen molar-refractivity contribution < 1.29 is 24.3 Å². The first-order valence-electron chi connectivity index (χ1n) is 13.8. The lowest BCUT2D eigenvalue weighted by Gasteiger charge is -2.49. The molecule has 3 aromatic carbocycles. The maximum Gasteiger partial charge on any atom is 0.241 e. The van der Waals surface area contributed by atoms with Gasteiger partial charge in [-0.3, -0.25) is 24.1 Å². The molecule has 0 spiro atoms. The number of fused-ring (bicyclic) bond motifs is 4. The summed E-state index contributed by atoms with van der Waals surface area (Å²) in [4.78, 5) is 58.7. The van der Waals surface area contributed by atoms with Crippen molar-refractivity contribution in [2.45, 2.75) is 25.7 Å². The first kappa shape index (κ1) is 25.9. The van der Waals surface area contributed by atoms with Gasteiger partial charge in [0.1, 0.15) is 5.75 Å². The fourth-order valence-corrected chi connectivity index (χ4v) is 7.99. The summed E-state index contributed by atoms with van der Waals surface area (Å²) in [6, 6.07) is 22.8. The van der Waals surface area contributed by atoms with E-state index in [9.17, 15) is 24.3 Å². The molecule has 6 atom stereocenters. The number of carbonyl (C=O) groups is 4. The van der Waals surface area contributed by atoms with Crippen LogP contribution in [-0.4, -0.2) is 28.7 Å². The average Bonchev–Trinajstić information content (AvgIpc) is 3.34. The van der Waals surface area contributed by atoms with Crippen LogP contribution in [0.1, 0.15) is 31.2 Å². The van der Waals surface area contributed by atoms with Gasteiger partial charge in [-0.2, -0.15) is 0 Å². The fraction of sp³-hybridized carbons (Fsp3) is 0.273. The number of allylic oxidation sites excluding steroid dienone is 2. The van der Waals surface area contributed by atoms with E-state index in [2.05, 4.69) is 15.9 Å². The lowest BCUT2D eigenvalue weighted by Crippen LogP contribution is -2.48. The van der Waals surface area contributed by atoms with E-state index in [1.807, 2.05) is 19.1 Å². The fourth-order valence-electron chi connectivity index (χ4n) is 7.73. The highest BCUT2D eigenvalue weighted by molar-refractivity contribution is 9.10. The smallest absolute Gasteiger partial charge is 0.241 e. The maximum absolute atomic E-state index is 14.3. The largest absolute Gasteiger partial charge is 0.508 e. The monoisotopic (exact) mass is 610 g/mol. The topological polar surface area (TPSA) is 95.0 Å². The quantitative estimate of drug-likeness (QED) is 0.308. The molecule has 206 valence electrons. The van der Waals surface area contributed by atoms with Gasteiger partial charge in [0, 0.05) is 10.4 Å². The molecule has 1 N–H and O–H groups in total. The third-order valence-electron chi connectivity index (χ3n) is 9.60. The number of imide groups is 2. The van der Waals surface area contributed by atoms with Crippen LogP contribution in [0, 0.1) is 29.1 Å². The summed E-state index contributed by atoms with van der Waals surface area (Å²) in [6.45, 7) is 1.86. The molecule has 2 saturated heterocycles. The number of carbonyl (C=O) groups excluding carboxylic acids is 4. The number of halogens is 1. The zero-order chi connectivity index (χ0) is 28.6. The number of aromatic hydroxyl groups is 1. The molecule has 0 aromatic heterocycles. The van der Waals surface area contributed by atoms with E-state index in [0.717, 1.165) is 15.6 Å². The molecule has 41 heavy (non-hydrogen) atoms. The standard InChI is InChI=1S/C33H27BrN2O5/c1-33-26(30(39)36(32(33)41)20-5-3-2-4-6-20)17-25-23(28(33)18-7-13-22(37)14-8-18)15-16-24-27(25)31(40)35(29(24)38)21-11-9-19(34)10-12-21/h2-15,24-28,37H,16-17H2,1H3. The molecule has 3 aromatic rings. The number of benzene rings is 3. The number of hydrogen-bond acceptors (Lipinski definition) is 5. The molecule has 2 heterocycles. The highest BCUT2D eigenvalue weighted by Crippen LogP contribution is 2.63. The average molecular weight is 611 g/mol. The molecule has 3 fully saturated rings. The van der Waals surface area contributed by atoms with Gasteiger partial charge in [-0.05, 0) is 79.8 Å². The minimum Gasteiger partial charge on any atom is -0.508 e. The normalized spacial score (nSPS) is 30.7. The Hall–Kier alpha value is -4.04. The number of amides is 4. The van der Waals surface area contributed by atoms with Gasteiger partial charge in [0.25, 0.3) is 0 Å². The van der Waals surface area contributed by atoms with Crippen LogP contribution in [0.15, 0.2) is 95.0 Å². The second-order valence-electron chi connectivity index (χ2n) is 11.6. The Labute approximate surface area is 245 Å². The molecular formula is C33H27BrN2O5. The number of phenolic OH excluding ortho intramolecular Hbond substituents is 1. The van der Waals surface area contributed by atoms with Gasteiger partial charge in [-0.25, -0.2) is 4.90 Å². The van der Waals surface area contributed by atoms with E-state index in [-0.39, 0.29) is 35.3 Å². The number of phenols is 1. The van der Waals surface area contributed by atoms with Gasteiger partial charge in [0.2, 0.25) is 23.6 Å². The maximum atomic E-state index is 14.3. The lowest BCUT2D eigenvalue weighted by atomic mass is 9.51. The van der Waals surface area contributed by atoms with Gasteiger partial charge in [-0.1, -0.05) is 57.9 Å². The number of nitrogens with zero attached hydrogens (tertiary/aromatic N) is 2. The highest BCUT2D eigenvalue weighted by atomic mass is 79.9. The third-order valence-corrected chi connectivity index (χ3v) is 10.1. The van der Waals surface area contributed by atoms with Crippen LogP contribution in [0.25, 0.3) is 0 Å². The molecule has 8 heteroatoms. The van der Waals surface area contributed by atoms with Crippen LogP contribution in [0.4, 0.5) is 11.4 Å². The molecule has 0 radical (unpaired) electrons. The van der Waals surface area contributed by atoms with Gasteiger partial charge in [0.15, 0.2) is 0 Å².